The van der Waals surface area contributed by atoms with Crippen molar-refractivity contribution in [3.8, 4) is 0 Å². The first kappa shape index (κ1) is 31.6. The molecule has 12 heteroatoms. The molecular formula is C33H43N9OS2. The van der Waals surface area contributed by atoms with E-state index in [1.807, 2.05) is 10.6 Å². The molecule has 2 aliphatic rings. The fraction of sp³-hybridized carbons (Fsp3) is 0.424. The summed E-state index contributed by atoms with van der Waals surface area (Å²) in [5, 5.41) is 0. The van der Waals surface area contributed by atoms with E-state index in [9.17, 15) is 4.79 Å². The van der Waals surface area contributed by atoms with Crippen LogP contribution in [0.2, 0.25) is 0 Å². The first-order valence-electron chi connectivity index (χ1n) is 15.7. The van der Waals surface area contributed by atoms with E-state index in [0.717, 1.165) is 44.2 Å². The van der Waals surface area contributed by atoms with Crippen LogP contribution in [0.25, 0.3) is 0 Å². The molecule has 0 radical (unpaired) electrons. The molecule has 4 aromatic rings. The predicted octanol–water partition coefficient (Wildman–Crippen LogP) is 3.98. The Balaban J connectivity index is 1.19. The Morgan fingerprint density at radius 2 is 1.27 bits per heavy atom. The zero-order valence-corrected chi connectivity index (χ0v) is 27.0. The van der Waals surface area contributed by atoms with Crippen LogP contribution in [0.4, 0.5) is 0 Å². The van der Waals surface area contributed by atoms with Crippen molar-refractivity contribution in [2.45, 2.75) is 81.2 Å². The lowest BCUT2D eigenvalue weighted by atomic mass is 9.83. The topological polar surface area (TPSA) is 189 Å². The number of primary amides is 1. The number of carbonyl (C=O) groups is 1. The van der Waals surface area contributed by atoms with Gasteiger partial charge in [0.2, 0.25) is 5.91 Å². The number of carbonyl (C=O) groups excluding carboxylic acids is 1. The monoisotopic (exact) mass is 645 g/mol. The highest BCUT2D eigenvalue weighted by atomic mass is 32.1. The van der Waals surface area contributed by atoms with E-state index in [0.29, 0.717) is 34.5 Å². The number of nitrogens with zero attached hydrogens (tertiary/aromatic N) is 2. The smallest absolute Gasteiger partial charge is 0.224 e. The highest BCUT2D eigenvalue weighted by Gasteiger charge is 2.41. The number of rotatable bonds is 10. The summed E-state index contributed by atoms with van der Waals surface area (Å²) in [4.78, 5) is 19.2. The van der Waals surface area contributed by atoms with E-state index in [1.54, 1.807) is 12.4 Å². The molecule has 2 aromatic heterocycles. The number of benzene rings is 2. The van der Waals surface area contributed by atoms with Crippen LogP contribution in [-0.4, -0.2) is 25.0 Å². The zero-order chi connectivity index (χ0) is 31.9. The van der Waals surface area contributed by atoms with Gasteiger partial charge in [-0.1, -0.05) is 48.5 Å². The Labute approximate surface area is 273 Å². The maximum atomic E-state index is 12.9. The molecule has 3 atom stereocenters. The van der Waals surface area contributed by atoms with Gasteiger partial charge in [-0.3, -0.25) is 4.79 Å². The molecule has 10 nitrogen and oxygen atoms in total. The third-order valence-corrected chi connectivity index (χ3v) is 10.5. The summed E-state index contributed by atoms with van der Waals surface area (Å²) in [6.07, 6.45) is 9.99. The van der Waals surface area contributed by atoms with Crippen LogP contribution < -0.4 is 28.7 Å². The molecule has 12 N–H and O–H groups in total. The van der Waals surface area contributed by atoms with Gasteiger partial charge in [-0.05, 0) is 104 Å². The number of nitrogens with two attached hydrogens (primary N) is 5. The molecule has 0 saturated heterocycles. The van der Waals surface area contributed by atoms with Gasteiger partial charge in [0.25, 0.3) is 0 Å². The molecular weight excluding hydrogens is 603 g/mol. The Morgan fingerprint density at radius 1 is 0.800 bits per heavy atom. The first-order valence-corrected chi connectivity index (χ1v) is 16.5. The maximum Gasteiger partial charge on any atom is 0.224 e. The fourth-order valence-corrected chi connectivity index (χ4v) is 8.11. The van der Waals surface area contributed by atoms with Crippen molar-refractivity contribution in [3.63, 3.8) is 0 Å². The van der Waals surface area contributed by atoms with E-state index >= 15 is 0 Å². The molecule has 2 aromatic carbocycles. The number of hydrogen-bond acceptors (Lipinski definition) is 7. The molecule has 2 heterocycles. The van der Waals surface area contributed by atoms with Gasteiger partial charge in [-0.15, -0.1) is 0 Å². The molecule has 0 saturated carbocycles. The number of imidazole rings is 2. The van der Waals surface area contributed by atoms with E-state index < -0.39 is 23.2 Å². The molecule has 2 aliphatic carbocycles. The van der Waals surface area contributed by atoms with Crippen LogP contribution in [0.5, 0.6) is 0 Å². The second-order valence-corrected chi connectivity index (χ2v) is 13.6. The van der Waals surface area contributed by atoms with E-state index in [2.05, 4.69) is 57.0 Å². The number of amides is 1. The Kier molecular flexibility index (Phi) is 8.72. The second-order valence-electron chi connectivity index (χ2n) is 12.8. The second kappa shape index (κ2) is 12.4. The lowest BCUT2D eigenvalue weighted by Gasteiger charge is -2.36. The normalized spacial score (nSPS) is 19.1. The summed E-state index contributed by atoms with van der Waals surface area (Å²) in [7, 11) is 0. The molecule has 0 fully saturated rings. The van der Waals surface area contributed by atoms with Crippen LogP contribution in [-0.2, 0) is 41.8 Å². The molecule has 45 heavy (non-hydrogen) atoms. The standard InChI is InChI=1S/C33H43N9OS2/c34-29(43)26(33(37,38)28-19-40-31(45)42(28)25-14-12-21-7-2-4-9-23(21)17-25)10-5-15-32(35,36)27-18-39-30(44)41(27)24-13-11-20-6-1-3-8-22(20)16-24/h1-4,6-9,18-19,24-26H,5,10-17,35-38H2,(H2,34,43)(H,39,44)(H,40,45). The van der Waals surface area contributed by atoms with Crippen molar-refractivity contribution in [1.29, 1.82) is 0 Å². The summed E-state index contributed by atoms with van der Waals surface area (Å²) in [6.45, 7) is 0. The Hall–Kier alpha value is -3.39. The van der Waals surface area contributed by atoms with Crippen molar-refractivity contribution in [2.75, 3.05) is 0 Å². The summed E-state index contributed by atoms with van der Waals surface area (Å²) in [6, 6.07) is 17.1. The third kappa shape index (κ3) is 6.10. The largest absolute Gasteiger partial charge is 0.369 e. The first-order chi connectivity index (χ1) is 21.5. The highest BCUT2D eigenvalue weighted by Crippen LogP contribution is 2.36. The summed E-state index contributed by atoms with van der Waals surface area (Å²) >= 11 is 11.4. The summed E-state index contributed by atoms with van der Waals surface area (Å²) < 4.78 is 5.16. The van der Waals surface area contributed by atoms with Crippen molar-refractivity contribution in [1.82, 2.24) is 19.1 Å². The lowest BCUT2D eigenvalue weighted by molar-refractivity contribution is -0.124. The van der Waals surface area contributed by atoms with Gasteiger partial charge in [0.15, 0.2) is 9.54 Å². The van der Waals surface area contributed by atoms with Crippen molar-refractivity contribution >= 4 is 30.3 Å². The van der Waals surface area contributed by atoms with Crippen LogP contribution in [0, 0.1) is 15.5 Å². The lowest BCUT2D eigenvalue weighted by Crippen LogP contribution is -2.58. The quantitative estimate of drug-likeness (QED) is 0.100. The number of aromatic nitrogens is 4. The molecule has 238 valence electrons. The molecule has 0 bridgehead atoms. The van der Waals surface area contributed by atoms with Crippen molar-refractivity contribution in [2.24, 2.45) is 34.6 Å². The number of hydrogen-bond donors (Lipinski definition) is 7. The average molecular weight is 646 g/mol. The molecule has 1 amide bonds. The number of aromatic amines is 2. The van der Waals surface area contributed by atoms with E-state index in [4.69, 9.17) is 53.1 Å². The zero-order valence-electron chi connectivity index (χ0n) is 25.4. The number of aryl methyl sites for hydroxylation is 2. The van der Waals surface area contributed by atoms with Gasteiger partial charge >= 0.3 is 0 Å². The third-order valence-electron chi connectivity index (χ3n) is 9.92. The number of fused-ring (bicyclic) bond motifs is 2. The Morgan fingerprint density at radius 3 is 1.78 bits per heavy atom. The Bertz CT molecular complexity index is 1810. The van der Waals surface area contributed by atoms with Gasteiger partial charge in [0, 0.05) is 24.5 Å². The maximum absolute atomic E-state index is 12.9. The predicted molar refractivity (Wildman–Crippen MR) is 181 cm³/mol. The van der Waals surface area contributed by atoms with Crippen LogP contribution in [0.15, 0.2) is 60.9 Å². The van der Waals surface area contributed by atoms with E-state index in [-0.39, 0.29) is 12.1 Å². The van der Waals surface area contributed by atoms with Gasteiger partial charge in [0.05, 0.1) is 17.3 Å². The SMILES string of the molecule is NC(=O)C(CCCC(N)(N)c1c[nH]c(=S)n1C1CCc2ccccc2C1)C(N)(N)c1c[nH]c(=S)n1C1CCc2ccccc2C1. The highest BCUT2D eigenvalue weighted by molar-refractivity contribution is 7.71. The van der Waals surface area contributed by atoms with Crippen LogP contribution >= 0.6 is 24.4 Å². The minimum absolute atomic E-state index is 0.0535. The minimum Gasteiger partial charge on any atom is -0.369 e. The van der Waals surface area contributed by atoms with Gasteiger partial charge in [-0.25, -0.2) is 0 Å². The minimum atomic E-state index is -1.57. The summed E-state index contributed by atoms with van der Waals surface area (Å²) in [5.74, 6) is -1.47. The van der Waals surface area contributed by atoms with Crippen molar-refractivity contribution in [3.05, 3.63) is 104 Å². The van der Waals surface area contributed by atoms with Crippen molar-refractivity contribution < 1.29 is 4.79 Å². The molecule has 3 unspecified atom stereocenters. The number of H-pyrrole nitrogens is 2. The molecule has 6 rings (SSSR count). The average Bonchev–Trinajstić information content (AvgIpc) is 3.61. The fourth-order valence-electron chi connectivity index (χ4n) is 7.49. The van der Waals surface area contributed by atoms with Crippen LogP contribution in [0.1, 0.15) is 77.8 Å². The van der Waals surface area contributed by atoms with Gasteiger partial charge in [-0.2, -0.15) is 0 Å². The molecule has 0 spiro atoms. The van der Waals surface area contributed by atoms with Gasteiger partial charge < -0.3 is 47.8 Å². The summed E-state index contributed by atoms with van der Waals surface area (Å²) in [5.41, 5.74) is 37.0. The number of nitrogens with one attached hydrogen (secondary N) is 2. The van der Waals surface area contributed by atoms with E-state index in [1.165, 1.54) is 22.3 Å². The van der Waals surface area contributed by atoms with Crippen LogP contribution in [0.3, 0.4) is 0 Å². The molecule has 0 aliphatic heterocycles. The van der Waals surface area contributed by atoms with Gasteiger partial charge in [0.1, 0.15) is 11.3 Å².